The molecule has 164 valence electrons. The number of nitrogens with zero attached hydrogens (tertiary/aromatic N) is 1. The quantitative estimate of drug-likeness (QED) is 0.437. The summed E-state index contributed by atoms with van der Waals surface area (Å²) in [5, 5.41) is 13.8. The molecule has 0 bridgehead atoms. The summed E-state index contributed by atoms with van der Waals surface area (Å²) in [7, 11) is 0. The summed E-state index contributed by atoms with van der Waals surface area (Å²) in [4.78, 5) is 25.5. The van der Waals surface area contributed by atoms with Crippen LogP contribution in [0.1, 0.15) is 46.4 Å². The Balaban J connectivity index is 2.58. The Morgan fingerprint density at radius 2 is 1.74 bits per heavy atom. The van der Waals surface area contributed by atoms with E-state index in [4.69, 9.17) is 0 Å². The average Bonchev–Trinajstić information content (AvgIpc) is 2.67. The molecule has 3 aromatic rings. The fourth-order valence-corrected chi connectivity index (χ4v) is 4.37. The molecule has 0 spiro atoms. The molecule has 0 saturated carbocycles. The zero-order valence-electron chi connectivity index (χ0n) is 18.6. The smallest absolute Gasteiger partial charge is 0.405 e. The minimum Gasteiger partial charge on any atom is -0.465 e. The molecule has 0 aliphatic rings. The Bertz CT molecular complexity index is 1160. The van der Waals surface area contributed by atoms with Crippen molar-refractivity contribution in [3.05, 3.63) is 69.1 Å². The van der Waals surface area contributed by atoms with Crippen LogP contribution in [-0.2, 0) is 6.54 Å². The molecule has 6 heteroatoms. The molecule has 0 saturated heterocycles. The van der Waals surface area contributed by atoms with Crippen molar-refractivity contribution in [3.63, 3.8) is 0 Å². The number of hydrogen-bond acceptors (Lipinski definition) is 2. The maximum atomic E-state index is 13.7. The van der Waals surface area contributed by atoms with Crippen LogP contribution in [0.15, 0.2) is 57.8 Å². The van der Waals surface area contributed by atoms with Gasteiger partial charge in [0, 0.05) is 22.0 Å². The largest absolute Gasteiger partial charge is 0.465 e. The molecule has 0 aliphatic heterocycles. The zero-order chi connectivity index (χ0) is 22.9. The number of nitrogens with one attached hydrogen (secondary N) is 1. The lowest BCUT2D eigenvalue weighted by molar-refractivity contribution is 0.172. The second-order valence-electron chi connectivity index (χ2n) is 9.37. The minimum absolute atomic E-state index is 0.104. The first-order chi connectivity index (χ1) is 14.5. The van der Waals surface area contributed by atoms with E-state index >= 15 is 0 Å². The number of halogens is 1. The first-order valence-corrected chi connectivity index (χ1v) is 11.2. The van der Waals surface area contributed by atoms with Gasteiger partial charge in [0.2, 0.25) is 0 Å². The van der Waals surface area contributed by atoms with Gasteiger partial charge in [0.05, 0.1) is 11.7 Å². The van der Waals surface area contributed by atoms with E-state index in [1.807, 2.05) is 69.3 Å². The van der Waals surface area contributed by atoms with Gasteiger partial charge in [0.15, 0.2) is 0 Å². The highest BCUT2D eigenvalue weighted by atomic mass is 79.9. The Morgan fingerprint density at radius 1 is 1.10 bits per heavy atom. The van der Waals surface area contributed by atoms with Crippen LogP contribution in [0.4, 0.5) is 4.79 Å². The highest BCUT2D eigenvalue weighted by Crippen LogP contribution is 2.41. The predicted octanol–water partition coefficient (Wildman–Crippen LogP) is 6.44. The number of carboxylic acid groups (broad SMARTS) is 1. The number of fused-ring (bicyclic) bond motifs is 1. The van der Waals surface area contributed by atoms with E-state index in [1.165, 1.54) is 0 Å². The average molecular weight is 485 g/mol. The maximum Gasteiger partial charge on any atom is 0.405 e. The van der Waals surface area contributed by atoms with Gasteiger partial charge in [-0.05, 0) is 40.5 Å². The monoisotopic (exact) mass is 484 g/mol. The predicted molar refractivity (Wildman–Crippen MR) is 130 cm³/mol. The standard InChI is InChI=1S/C25H29BrN2O3/c1-15(2)14-28-21(22(25(3,4)5)27-24(30)31)20(16-9-7-6-8-10-16)19-13-17(26)11-12-18(19)23(28)29/h6-13,15,22,27H,14H2,1-5H3,(H,30,31). The number of rotatable bonds is 5. The van der Waals surface area contributed by atoms with Crippen molar-refractivity contribution >= 4 is 32.8 Å². The van der Waals surface area contributed by atoms with Crippen molar-refractivity contribution in [2.24, 2.45) is 11.3 Å². The number of hydrogen-bond donors (Lipinski definition) is 2. The van der Waals surface area contributed by atoms with Gasteiger partial charge in [-0.15, -0.1) is 0 Å². The van der Waals surface area contributed by atoms with Crippen LogP contribution in [0.5, 0.6) is 0 Å². The molecule has 2 N–H and O–H groups in total. The lowest BCUT2D eigenvalue weighted by Gasteiger charge is -2.35. The van der Waals surface area contributed by atoms with Crippen molar-refractivity contribution in [1.82, 2.24) is 9.88 Å². The van der Waals surface area contributed by atoms with Gasteiger partial charge in [0.25, 0.3) is 5.56 Å². The third-order valence-corrected chi connectivity index (χ3v) is 5.78. The minimum atomic E-state index is -1.11. The van der Waals surface area contributed by atoms with Gasteiger partial charge in [0.1, 0.15) is 0 Å². The highest BCUT2D eigenvalue weighted by Gasteiger charge is 2.34. The molecule has 2 aromatic carbocycles. The summed E-state index contributed by atoms with van der Waals surface area (Å²) < 4.78 is 2.64. The number of amides is 1. The number of carbonyl (C=O) groups is 1. The van der Waals surface area contributed by atoms with Crippen LogP contribution in [0, 0.1) is 11.3 Å². The molecular weight excluding hydrogens is 456 g/mol. The van der Waals surface area contributed by atoms with Crippen LogP contribution in [0.25, 0.3) is 21.9 Å². The number of pyridine rings is 1. The molecule has 1 unspecified atom stereocenters. The van der Waals surface area contributed by atoms with Crippen LogP contribution in [-0.4, -0.2) is 15.8 Å². The molecule has 0 fully saturated rings. The third kappa shape index (κ3) is 4.85. The van der Waals surface area contributed by atoms with E-state index in [0.29, 0.717) is 17.6 Å². The topological polar surface area (TPSA) is 71.3 Å². The van der Waals surface area contributed by atoms with Crippen molar-refractivity contribution in [3.8, 4) is 11.1 Å². The van der Waals surface area contributed by atoms with Crippen molar-refractivity contribution < 1.29 is 9.90 Å². The zero-order valence-corrected chi connectivity index (χ0v) is 20.2. The van der Waals surface area contributed by atoms with Gasteiger partial charge in [-0.2, -0.15) is 0 Å². The number of benzene rings is 2. The van der Waals surface area contributed by atoms with Crippen LogP contribution in [0.2, 0.25) is 0 Å². The molecule has 1 atom stereocenters. The van der Waals surface area contributed by atoms with E-state index < -0.39 is 17.6 Å². The second-order valence-corrected chi connectivity index (χ2v) is 10.3. The van der Waals surface area contributed by atoms with Gasteiger partial charge >= 0.3 is 6.09 Å². The highest BCUT2D eigenvalue weighted by molar-refractivity contribution is 9.10. The Morgan fingerprint density at radius 3 is 2.29 bits per heavy atom. The molecule has 0 radical (unpaired) electrons. The van der Waals surface area contributed by atoms with Crippen LogP contribution in [0.3, 0.4) is 0 Å². The van der Waals surface area contributed by atoms with Gasteiger partial charge in [-0.25, -0.2) is 4.79 Å². The molecular formula is C25H29BrN2O3. The summed E-state index contributed by atoms with van der Waals surface area (Å²) in [5.41, 5.74) is 1.95. The fourth-order valence-electron chi connectivity index (χ4n) is 4.01. The van der Waals surface area contributed by atoms with Gasteiger partial charge < -0.3 is 15.0 Å². The molecule has 1 amide bonds. The van der Waals surface area contributed by atoms with E-state index in [2.05, 4.69) is 35.1 Å². The van der Waals surface area contributed by atoms with E-state index in [1.54, 1.807) is 4.57 Å². The molecule has 31 heavy (non-hydrogen) atoms. The fraction of sp³-hybridized carbons (Fsp3) is 0.360. The normalized spacial score (nSPS) is 12.9. The van der Waals surface area contributed by atoms with Gasteiger partial charge in [-0.1, -0.05) is 80.9 Å². The van der Waals surface area contributed by atoms with Crippen LogP contribution >= 0.6 is 15.9 Å². The summed E-state index contributed by atoms with van der Waals surface area (Å²) >= 11 is 3.55. The Hall–Kier alpha value is -2.60. The van der Waals surface area contributed by atoms with Crippen molar-refractivity contribution in [1.29, 1.82) is 0 Å². The first kappa shape index (κ1) is 23.1. The summed E-state index contributed by atoms with van der Waals surface area (Å²) in [6.07, 6.45) is -1.11. The summed E-state index contributed by atoms with van der Waals surface area (Å²) in [6, 6.07) is 14.9. The van der Waals surface area contributed by atoms with Crippen molar-refractivity contribution in [2.45, 2.75) is 47.2 Å². The summed E-state index contributed by atoms with van der Waals surface area (Å²) in [5.74, 6) is 0.207. The van der Waals surface area contributed by atoms with E-state index in [9.17, 15) is 14.7 Å². The maximum absolute atomic E-state index is 13.7. The number of aromatic nitrogens is 1. The molecule has 5 nitrogen and oxygen atoms in total. The molecule has 3 rings (SSSR count). The first-order valence-electron chi connectivity index (χ1n) is 10.4. The lowest BCUT2D eigenvalue weighted by atomic mass is 9.80. The van der Waals surface area contributed by atoms with Gasteiger partial charge in [-0.3, -0.25) is 4.79 Å². The third-order valence-electron chi connectivity index (χ3n) is 5.29. The SMILES string of the molecule is CC(C)Cn1c(C(NC(=O)O)C(C)(C)C)c(-c2ccccc2)c2cc(Br)ccc2c1=O. The van der Waals surface area contributed by atoms with E-state index in [-0.39, 0.29) is 11.5 Å². The second kappa shape index (κ2) is 8.87. The van der Waals surface area contributed by atoms with Crippen LogP contribution < -0.4 is 10.9 Å². The lowest BCUT2D eigenvalue weighted by Crippen LogP contribution is -2.40. The summed E-state index contributed by atoms with van der Waals surface area (Å²) in [6.45, 7) is 10.6. The Kier molecular flexibility index (Phi) is 6.60. The Labute approximate surface area is 191 Å². The van der Waals surface area contributed by atoms with E-state index in [0.717, 1.165) is 21.0 Å². The molecule has 1 heterocycles. The molecule has 0 aliphatic carbocycles. The van der Waals surface area contributed by atoms with Crippen molar-refractivity contribution in [2.75, 3.05) is 0 Å². The molecule has 1 aromatic heterocycles.